The van der Waals surface area contributed by atoms with Crippen molar-refractivity contribution in [3.05, 3.63) is 158 Å². The van der Waals surface area contributed by atoms with Crippen LogP contribution >= 0.6 is 0 Å². The van der Waals surface area contributed by atoms with Gasteiger partial charge in [0.2, 0.25) is 0 Å². The fraction of sp³-hybridized carbons (Fsp3) is 0. The largest absolute Gasteiger partial charge is 0.456 e. The molecule has 0 atom stereocenters. The summed E-state index contributed by atoms with van der Waals surface area (Å²) in [6, 6.07) is 36.7. The van der Waals surface area contributed by atoms with Gasteiger partial charge in [-0.25, -0.2) is 0 Å². The first-order chi connectivity index (χ1) is 25.2. The van der Waals surface area contributed by atoms with E-state index in [0.717, 1.165) is 76.5 Å². The van der Waals surface area contributed by atoms with Crippen LogP contribution < -0.4 is 0 Å². The third kappa shape index (κ3) is 3.62. The summed E-state index contributed by atoms with van der Waals surface area (Å²) in [6.07, 6.45) is 0. The molecule has 0 fully saturated rings. The predicted molar refractivity (Wildman–Crippen MR) is 191 cm³/mol. The van der Waals surface area contributed by atoms with Crippen molar-refractivity contribution in [3.8, 4) is 33.4 Å². The maximum atomic E-state index is 9.23. The Morgan fingerprint density at radius 1 is 0.400 bits per heavy atom. The molecule has 0 unspecified atom stereocenters. The maximum Gasteiger partial charge on any atom is 0.136 e. The van der Waals surface area contributed by atoms with Gasteiger partial charge in [-0.3, -0.25) is 0 Å². The van der Waals surface area contributed by atoms with Gasteiger partial charge in [-0.05, 0) is 101 Å². The van der Waals surface area contributed by atoms with Crippen molar-refractivity contribution in [2.24, 2.45) is 0 Å². The summed E-state index contributed by atoms with van der Waals surface area (Å²) >= 11 is 0. The molecule has 0 radical (unpaired) electrons. The van der Waals surface area contributed by atoms with Crippen molar-refractivity contribution in [1.29, 1.82) is 0 Å². The first-order valence-corrected chi connectivity index (χ1v) is 14.9. The lowest BCUT2D eigenvalue weighted by Crippen LogP contribution is -1.90. The van der Waals surface area contributed by atoms with E-state index >= 15 is 0 Å². The standard InChI is InChI=1S/C44H26O/c1-2-7-27(8-3-1)32-19-24-39-41(26-32)45-40-12-6-11-36(44(39)40)35-21-16-30-17-22-37-34(20-15-29-18-23-38(35)43(30)42(29)37)33-14-13-28-9-4-5-10-31(28)25-33/h1-26H/i4D,5D,9D,10D,13D,14D,25D. The molecule has 0 spiro atoms. The number of hydrogen-bond donors (Lipinski definition) is 0. The molecule has 9 aromatic carbocycles. The highest BCUT2D eigenvalue weighted by molar-refractivity contribution is 6.28. The Morgan fingerprint density at radius 3 is 1.93 bits per heavy atom. The number of furan rings is 1. The van der Waals surface area contributed by atoms with Crippen LogP contribution in [0.25, 0.3) is 98.4 Å². The van der Waals surface area contributed by atoms with Crippen molar-refractivity contribution < 1.29 is 14.0 Å². The Hall–Kier alpha value is -5.92. The minimum absolute atomic E-state index is 0.0497. The lowest BCUT2D eigenvalue weighted by Gasteiger charge is -2.17. The second-order valence-electron chi connectivity index (χ2n) is 11.5. The van der Waals surface area contributed by atoms with Crippen LogP contribution in [0, 0.1) is 0 Å². The van der Waals surface area contributed by atoms with E-state index in [1.165, 1.54) is 0 Å². The zero-order valence-corrected chi connectivity index (χ0v) is 23.9. The third-order valence-electron chi connectivity index (χ3n) is 9.08. The van der Waals surface area contributed by atoms with E-state index in [2.05, 4.69) is 60.7 Å². The first-order valence-electron chi connectivity index (χ1n) is 18.4. The Balaban J connectivity index is 1.23. The lowest BCUT2D eigenvalue weighted by molar-refractivity contribution is 0.669. The Morgan fingerprint density at radius 2 is 1.11 bits per heavy atom. The van der Waals surface area contributed by atoms with Gasteiger partial charge < -0.3 is 4.42 Å². The summed E-state index contributed by atoms with van der Waals surface area (Å²) in [6.45, 7) is 0. The summed E-state index contributed by atoms with van der Waals surface area (Å²) in [5.41, 5.74) is 6.67. The van der Waals surface area contributed by atoms with Gasteiger partial charge in [0.15, 0.2) is 0 Å². The fourth-order valence-electron chi connectivity index (χ4n) is 7.03. The zero-order valence-electron chi connectivity index (χ0n) is 30.9. The second kappa shape index (κ2) is 9.29. The summed E-state index contributed by atoms with van der Waals surface area (Å²) in [5, 5.41) is 7.78. The second-order valence-corrected chi connectivity index (χ2v) is 11.5. The summed E-state index contributed by atoms with van der Waals surface area (Å²) in [4.78, 5) is 0. The number of benzene rings is 9. The predicted octanol–water partition coefficient (Wildman–Crippen LogP) is 12.6. The highest BCUT2D eigenvalue weighted by Gasteiger charge is 2.18. The minimum atomic E-state index is -0.480. The molecule has 45 heavy (non-hydrogen) atoms. The van der Waals surface area contributed by atoms with Gasteiger partial charge in [0, 0.05) is 10.8 Å². The van der Waals surface area contributed by atoms with Gasteiger partial charge in [0.05, 0.1) is 9.60 Å². The molecular weight excluding hydrogens is 544 g/mol. The van der Waals surface area contributed by atoms with Crippen molar-refractivity contribution in [3.63, 3.8) is 0 Å². The van der Waals surface area contributed by atoms with Gasteiger partial charge in [-0.15, -0.1) is 0 Å². The summed E-state index contributed by atoms with van der Waals surface area (Å²) < 4.78 is 67.1. The number of rotatable bonds is 3. The molecule has 0 bridgehead atoms. The van der Waals surface area contributed by atoms with E-state index in [4.69, 9.17) is 12.6 Å². The molecule has 0 aliphatic carbocycles. The lowest BCUT2D eigenvalue weighted by atomic mass is 9.86. The van der Waals surface area contributed by atoms with Crippen LogP contribution in [-0.4, -0.2) is 0 Å². The molecule has 1 heteroatoms. The van der Waals surface area contributed by atoms with E-state index in [-0.39, 0.29) is 40.5 Å². The molecule has 0 saturated heterocycles. The van der Waals surface area contributed by atoms with Crippen molar-refractivity contribution >= 4 is 65.0 Å². The monoisotopic (exact) mass is 577 g/mol. The van der Waals surface area contributed by atoms with Gasteiger partial charge in [0.1, 0.15) is 11.2 Å². The fourth-order valence-corrected chi connectivity index (χ4v) is 7.03. The Labute approximate surface area is 269 Å². The highest BCUT2D eigenvalue weighted by atomic mass is 16.3. The molecule has 0 saturated carbocycles. The molecular formula is C44H26O. The Bertz CT molecular complexity index is 3150. The molecule has 1 nitrogen and oxygen atoms in total. The topological polar surface area (TPSA) is 13.1 Å². The average Bonchev–Trinajstić information content (AvgIpc) is 3.55. The van der Waals surface area contributed by atoms with E-state index in [0.29, 0.717) is 5.56 Å². The molecule has 0 N–H and O–H groups in total. The first kappa shape index (κ1) is 18.7. The van der Waals surface area contributed by atoms with Crippen molar-refractivity contribution in [1.82, 2.24) is 0 Å². The number of fused-ring (bicyclic) bond motifs is 4. The average molecular weight is 578 g/mol. The molecule has 1 heterocycles. The Kier molecular flexibility index (Phi) is 3.86. The molecule has 1 aromatic heterocycles. The van der Waals surface area contributed by atoms with Crippen LogP contribution in [0.5, 0.6) is 0 Å². The normalized spacial score (nSPS) is 14.2. The molecule has 0 aliphatic heterocycles. The van der Waals surface area contributed by atoms with Crippen LogP contribution in [0.3, 0.4) is 0 Å². The van der Waals surface area contributed by atoms with E-state index < -0.39 is 18.1 Å². The van der Waals surface area contributed by atoms with Crippen LogP contribution in [0.2, 0.25) is 0 Å². The van der Waals surface area contributed by atoms with Crippen molar-refractivity contribution in [2.75, 3.05) is 0 Å². The summed E-state index contributed by atoms with van der Waals surface area (Å²) in [7, 11) is 0. The number of hydrogen-bond acceptors (Lipinski definition) is 1. The SMILES string of the molecule is [2H]c1c([2H])c([2H])c2c([2H])c(-c3ccc4ccc5c(-c6cccc7oc8cc(-c9ccccc9)ccc8c67)ccc6ccc3c4c65)c([2H])c([2H])c2c1[2H]. The van der Waals surface area contributed by atoms with Gasteiger partial charge in [0.25, 0.3) is 0 Å². The minimum Gasteiger partial charge on any atom is -0.456 e. The zero-order chi connectivity index (χ0) is 35.6. The van der Waals surface area contributed by atoms with Gasteiger partial charge in [-0.1, -0.05) is 133 Å². The summed E-state index contributed by atoms with van der Waals surface area (Å²) in [5.74, 6) is 0. The highest BCUT2D eigenvalue weighted by Crippen LogP contribution is 2.45. The molecule has 10 aromatic rings. The molecule has 0 aliphatic rings. The van der Waals surface area contributed by atoms with E-state index in [1.54, 1.807) is 0 Å². The molecule has 208 valence electrons. The third-order valence-corrected chi connectivity index (χ3v) is 9.08. The smallest absolute Gasteiger partial charge is 0.136 e. The van der Waals surface area contributed by atoms with E-state index in [9.17, 15) is 1.37 Å². The molecule has 10 rings (SSSR count). The van der Waals surface area contributed by atoms with E-state index in [1.807, 2.05) is 54.6 Å². The maximum absolute atomic E-state index is 9.23. The van der Waals surface area contributed by atoms with Crippen molar-refractivity contribution in [2.45, 2.75) is 0 Å². The quantitative estimate of drug-likeness (QED) is 0.190. The van der Waals surface area contributed by atoms with Crippen LogP contribution in [0.4, 0.5) is 0 Å². The molecule has 0 amide bonds. The van der Waals surface area contributed by atoms with Crippen LogP contribution in [-0.2, 0) is 0 Å². The van der Waals surface area contributed by atoms with Crippen LogP contribution in [0.15, 0.2) is 162 Å². The van der Waals surface area contributed by atoms with Gasteiger partial charge in [-0.2, -0.15) is 0 Å². The van der Waals surface area contributed by atoms with Crippen LogP contribution in [0.1, 0.15) is 9.60 Å². The van der Waals surface area contributed by atoms with Gasteiger partial charge >= 0.3 is 0 Å².